The summed E-state index contributed by atoms with van der Waals surface area (Å²) in [6, 6.07) is 6.64. The van der Waals surface area contributed by atoms with Gasteiger partial charge in [0.25, 0.3) is 5.91 Å². The predicted molar refractivity (Wildman–Crippen MR) is 85.4 cm³/mol. The van der Waals surface area contributed by atoms with Crippen molar-refractivity contribution in [2.24, 2.45) is 0 Å². The van der Waals surface area contributed by atoms with E-state index in [1.165, 1.54) is 13.2 Å². The number of methoxy groups -OCH3 is 1. The number of hydrogen-bond acceptors (Lipinski definition) is 5. The third-order valence-corrected chi connectivity index (χ3v) is 4.13. The SMILES string of the molecule is COc1ccc(CN2CCN(C(=O)c3cc(C)on3)CC2)cc1F. The number of benzene rings is 1. The number of nitrogens with zero attached hydrogens (tertiary/aromatic N) is 3. The van der Waals surface area contributed by atoms with Gasteiger partial charge in [-0.2, -0.15) is 0 Å². The van der Waals surface area contributed by atoms with Gasteiger partial charge in [-0.1, -0.05) is 11.2 Å². The molecule has 6 nitrogen and oxygen atoms in total. The van der Waals surface area contributed by atoms with Crippen molar-refractivity contribution in [1.82, 2.24) is 15.0 Å². The Hall–Kier alpha value is -2.41. The molecular formula is C17H20FN3O3. The summed E-state index contributed by atoms with van der Waals surface area (Å²) in [7, 11) is 1.45. The van der Waals surface area contributed by atoms with Crippen LogP contribution >= 0.6 is 0 Å². The zero-order valence-electron chi connectivity index (χ0n) is 13.8. The van der Waals surface area contributed by atoms with E-state index in [1.807, 2.05) is 6.07 Å². The molecule has 3 rings (SSSR count). The number of amides is 1. The molecule has 1 amide bonds. The molecule has 0 N–H and O–H groups in total. The second-order valence-electron chi connectivity index (χ2n) is 5.86. The Morgan fingerprint density at radius 1 is 1.29 bits per heavy atom. The van der Waals surface area contributed by atoms with E-state index >= 15 is 0 Å². The molecule has 0 bridgehead atoms. The van der Waals surface area contributed by atoms with Gasteiger partial charge in [-0.15, -0.1) is 0 Å². The molecule has 1 aromatic carbocycles. The molecular weight excluding hydrogens is 313 g/mol. The highest BCUT2D eigenvalue weighted by atomic mass is 19.1. The maximum Gasteiger partial charge on any atom is 0.276 e. The fraction of sp³-hybridized carbons (Fsp3) is 0.412. The quantitative estimate of drug-likeness (QED) is 0.857. The number of piperazine rings is 1. The van der Waals surface area contributed by atoms with Gasteiger partial charge in [-0.3, -0.25) is 9.69 Å². The van der Waals surface area contributed by atoms with Gasteiger partial charge in [0.05, 0.1) is 7.11 Å². The van der Waals surface area contributed by atoms with Crippen molar-refractivity contribution in [2.45, 2.75) is 13.5 Å². The Morgan fingerprint density at radius 3 is 2.62 bits per heavy atom. The Morgan fingerprint density at radius 2 is 2.04 bits per heavy atom. The highest BCUT2D eigenvalue weighted by Gasteiger charge is 2.24. The first-order chi connectivity index (χ1) is 11.6. The standard InChI is InChI=1S/C17H20FN3O3/c1-12-9-15(19-24-12)17(22)21-7-5-20(6-8-21)11-13-3-4-16(23-2)14(18)10-13/h3-4,9-10H,5-8,11H2,1-2H3. The molecule has 0 aliphatic carbocycles. The Kier molecular flexibility index (Phi) is 4.80. The van der Waals surface area contributed by atoms with Crippen molar-refractivity contribution in [3.63, 3.8) is 0 Å². The number of carbonyl (C=O) groups is 1. The molecule has 1 aliphatic heterocycles. The fourth-order valence-corrected chi connectivity index (χ4v) is 2.80. The van der Waals surface area contributed by atoms with Gasteiger partial charge in [0, 0.05) is 38.8 Å². The van der Waals surface area contributed by atoms with Crippen molar-refractivity contribution in [1.29, 1.82) is 0 Å². The van der Waals surface area contributed by atoms with Crippen molar-refractivity contribution >= 4 is 5.91 Å². The number of aryl methyl sites for hydroxylation is 1. The molecule has 24 heavy (non-hydrogen) atoms. The van der Waals surface area contributed by atoms with Crippen LogP contribution in [0.3, 0.4) is 0 Å². The lowest BCUT2D eigenvalue weighted by molar-refractivity contribution is 0.0618. The molecule has 0 unspecified atom stereocenters. The summed E-state index contributed by atoms with van der Waals surface area (Å²) in [5.41, 5.74) is 1.23. The largest absolute Gasteiger partial charge is 0.494 e. The van der Waals surface area contributed by atoms with Crippen LogP contribution in [0.4, 0.5) is 4.39 Å². The first kappa shape index (κ1) is 16.4. The Labute approximate surface area is 139 Å². The van der Waals surface area contributed by atoms with Crippen LogP contribution < -0.4 is 4.74 Å². The smallest absolute Gasteiger partial charge is 0.276 e. The zero-order chi connectivity index (χ0) is 17.1. The average Bonchev–Trinajstić information content (AvgIpc) is 3.02. The van der Waals surface area contributed by atoms with E-state index in [-0.39, 0.29) is 17.5 Å². The van der Waals surface area contributed by atoms with Crippen molar-refractivity contribution < 1.29 is 18.4 Å². The topological polar surface area (TPSA) is 58.8 Å². The number of aromatic nitrogens is 1. The van der Waals surface area contributed by atoms with Gasteiger partial charge in [0.1, 0.15) is 5.76 Å². The van der Waals surface area contributed by atoms with Crippen LogP contribution in [0.5, 0.6) is 5.75 Å². The molecule has 1 saturated heterocycles. The predicted octanol–water partition coefficient (Wildman–Crippen LogP) is 2.09. The summed E-state index contributed by atoms with van der Waals surface area (Å²) in [5.74, 6) is 0.405. The van der Waals surface area contributed by atoms with Crippen LogP contribution in [0.25, 0.3) is 0 Å². The molecule has 128 valence electrons. The lowest BCUT2D eigenvalue weighted by Crippen LogP contribution is -2.48. The van der Waals surface area contributed by atoms with Crippen molar-refractivity contribution in [2.75, 3.05) is 33.3 Å². The van der Waals surface area contributed by atoms with Gasteiger partial charge in [0.2, 0.25) is 0 Å². The molecule has 1 aromatic heterocycles. The highest BCUT2D eigenvalue weighted by molar-refractivity contribution is 5.92. The highest BCUT2D eigenvalue weighted by Crippen LogP contribution is 2.19. The molecule has 0 radical (unpaired) electrons. The Balaban J connectivity index is 1.55. The summed E-state index contributed by atoms with van der Waals surface area (Å²) in [5, 5.41) is 3.77. The van der Waals surface area contributed by atoms with Gasteiger partial charge in [0.15, 0.2) is 17.3 Å². The van der Waals surface area contributed by atoms with Gasteiger partial charge in [-0.25, -0.2) is 4.39 Å². The average molecular weight is 333 g/mol. The van der Waals surface area contributed by atoms with E-state index in [4.69, 9.17) is 9.26 Å². The first-order valence-electron chi connectivity index (χ1n) is 7.84. The van der Waals surface area contributed by atoms with E-state index in [0.29, 0.717) is 31.1 Å². The lowest BCUT2D eigenvalue weighted by Gasteiger charge is -2.34. The number of hydrogen-bond donors (Lipinski definition) is 0. The maximum absolute atomic E-state index is 13.8. The summed E-state index contributed by atoms with van der Waals surface area (Å²) in [6.45, 7) is 5.10. The number of halogens is 1. The molecule has 2 aromatic rings. The molecule has 2 heterocycles. The molecule has 1 fully saturated rings. The van der Waals surface area contributed by atoms with Crippen LogP contribution in [0.15, 0.2) is 28.8 Å². The summed E-state index contributed by atoms with van der Waals surface area (Å²) in [6.07, 6.45) is 0. The molecule has 0 atom stereocenters. The van der Waals surface area contributed by atoms with Gasteiger partial charge >= 0.3 is 0 Å². The van der Waals surface area contributed by atoms with Crippen molar-refractivity contribution in [3.05, 3.63) is 47.1 Å². The second kappa shape index (κ2) is 7.00. The monoisotopic (exact) mass is 333 g/mol. The summed E-state index contributed by atoms with van der Waals surface area (Å²) >= 11 is 0. The van der Waals surface area contributed by atoms with Crippen LogP contribution in [0, 0.1) is 12.7 Å². The molecule has 0 spiro atoms. The first-order valence-corrected chi connectivity index (χ1v) is 7.84. The zero-order valence-corrected chi connectivity index (χ0v) is 13.8. The van der Waals surface area contributed by atoms with Crippen molar-refractivity contribution in [3.8, 4) is 5.75 Å². The van der Waals surface area contributed by atoms with Crippen LogP contribution in [0.2, 0.25) is 0 Å². The van der Waals surface area contributed by atoms with Crippen LogP contribution in [-0.2, 0) is 6.54 Å². The lowest BCUT2D eigenvalue weighted by atomic mass is 10.1. The van der Waals surface area contributed by atoms with E-state index in [0.717, 1.165) is 18.7 Å². The number of ether oxygens (including phenoxy) is 1. The summed E-state index contributed by atoms with van der Waals surface area (Å²) < 4.78 is 23.6. The normalized spacial score (nSPS) is 15.5. The Bertz CT molecular complexity index is 724. The molecule has 1 aliphatic rings. The molecule has 7 heteroatoms. The summed E-state index contributed by atoms with van der Waals surface area (Å²) in [4.78, 5) is 16.3. The van der Waals surface area contributed by atoms with Gasteiger partial charge in [-0.05, 0) is 24.6 Å². The van der Waals surface area contributed by atoms with E-state index in [9.17, 15) is 9.18 Å². The third-order valence-electron chi connectivity index (χ3n) is 4.13. The third kappa shape index (κ3) is 3.56. The minimum atomic E-state index is -0.356. The minimum Gasteiger partial charge on any atom is -0.494 e. The van der Waals surface area contributed by atoms with Crippen LogP contribution in [0.1, 0.15) is 21.8 Å². The second-order valence-corrected chi connectivity index (χ2v) is 5.86. The van der Waals surface area contributed by atoms with E-state index in [1.54, 1.807) is 24.0 Å². The number of carbonyl (C=O) groups excluding carboxylic acids is 1. The number of rotatable bonds is 4. The minimum absolute atomic E-state index is 0.109. The maximum atomic E-state index is 13.8. The van der Waals surface area contributed by atoms with E-state index < -0.39 is 0 Å². The fourth-order valence-electron chi connectivity index (χ4n) is 2.80. The molecule has 0 saturated carbocycles. The van der Waals surface area contributed by atoms with E-state index in [2.05, 4.69) is 10.1 Å². The van der Waals surface area contributed by atoms with Crippen LogP contribution in [-0.4, -0.2) is 54.2 Å². The van der Waals surface area contributed by atoms with Gasteiger partial charge < -0.3 is 14.2 Å².